The van der Waals surface area contributed by atoms with E-state index in [-0.39, 0.29) is 23.7 Å². The maximum absolute atomic E-state index is 11.5. The zero-order valence-corrected chi connectivity index (χ0v) is 12.5. The van der Waals surface area contributed by atoms with Gasteiger partial charge in [0.15, 0.2) is 9.84 Å². The number of aliphatic hydroxyl groups excluding tert-OH is 1. The highest BCUT2D eigenvalue weighted by atomic mass is 32.2. The molecule has 1 aliphatic heterocycles. The lowest BCUT2D eigenvalue weighted by Gasteiger charge is -2.22. The van der Waals surface area contributed by atoms with E-state index in [1.54, 1.807) is 0 Å². The molecule has 1 saturated heterocycles. The van der Waals surface area contributed by atoms with E-state index in [0.29, 0.717) is 13.0 Å². The van der Waals surface area contributed by atoms with Gasteiger partial charge in [-0.2, -0.15) is 0 Å². The highest BCUT2D eigenvalue weighted by Crippen LogP contribution is 2.18. The molecule has 5 nitrogen and oxygen atoms in total. The number of quaternary nitrogens is 1. The number of aliphatic hydroxyl groups is 1. The van der Waals surface area contributed by atoms with Gasteiger partial charge in [0.25, 0.3) is 0 Å². The van der Waals surface area contributed by atoms with Crippen LogP contribution in [0.3, 0.4) is 0 Å². The normalized spacial score (nSPS) is 26.3. The monoisotopic (exact) mass is 300 g/mol. The van der Waals surface area contributed by atoms with Crippen LogP contribution >= 0.6 is 0 Å². The number of ether oxygens (including phenoxy) is 1. The van der Waals surface area contributed by atoms with E-state index in [2.05, 4.69) is 0 Å². The van der Waals surface area contributed by atoms with E-state index < -0.39 is 15.9 Å². The van der Waals surface area contributed by atoms with E-state index in [0.717, 1.165) is 5.75 Å². The fraction of sp³-hybridized carbons (Fsp3) is 0.571. The molecule has 1 aromatic carbocycles. The Labute approximate surface area is 119 Å². The SMILES string of the molecule is C[C@@]1([NH2+]C[C@H](O)COc2ccccc2)CCS(=O)(=O)C1. The molecule has 1 aromatic rings. The van der Waals surface area contributed by atoms with Crippen molar-refractivity contribution in [1.82, 2.24) is 0 Å². The largest absolute Gasteiger partial charge is 0.491 e. The van der Waals surface area contributed by atoms with Gasteiger partial charge in [-0.15, -0.1) is 0 Å². The third-order valence-corrected chi connectivity index (χ3v) is 5.53. The molecule has 1 fully saturated rings. The van der Waals surface area contributed by atoms with Crippen molar-refractivity contribution in [2.24, 2.45) is 0 Å². The van der Waals surface area contributed by atoms with Crippen molar-refractivity contribution in [2.45, 2.75) is 25.0 Å². The maximum atomic E-state index is 11.5. The van der Waals surface area contributed by atoms with Crippen molar-refractivity contribution in [3.63, 3.8) is 0 Å². The summed E-state index contributed by atoms with van der Waals surface area (Å²) in [6.45, 7) is 2.59. The molecule has 3 N–H and O–H groups in total. The molecule has 1 aliphatic rings. The van der Waals surface area contributed by atoms with Gasteiger partial charge in [-0.25, -0.2) is 8.42 Å². The van der Waals surface area contributed by atoms with E-state index in [1.807, 2.05) is 42.6 Å². The zero-order chi connectivity index (χ0) is 14.6. The summed E-state index contributed by atoms with van der Waals surface area (Å²) >= 11 is 0. The summed E-state index contributed by atoms with van der Waals surface area (Å²) in [7, 11) is -2.90. The van der Waals surface area contributed by atoms with Crippen LogP contribution in [0, 0.1) is 0 Å². The van der Waals surface area contributed by atoms with Gasteiger partial charge >= 0.3 is 0 Å². The van der Waals surface area contributed by atoms with E-state index in [9.17, 15) is 13.5 Å². The summed E-state index contributed by atoms with van der Waals surface area (Å²) in [6, 6.07) is 9.32. The fourth-order valence-corrected chi connectivity index (χ4v) is 4.58. The van der Waals surface area contributed by atoms with Crippen molar-refractivity contribution in [3.8, 4) is 5.75 Å². The van der Waals surface area contributed by atoms with Crippen molar-refractivity contribution in [3.05, 3.63) is 30.3 Å². The van der Waals surface area contributed by atoms with Crippen molar-refractivity contribution >= 4 is 9.84 Å². The molecule has 20 heavy (non-hydrogen) atoms. The van der Waals surface area contributed by atoms with Crippen LogP contribution in [0.1, 0.15) is 13.3 Å². The van der Waals surface area contributed by atoms with Gasteiger partial charge in [-0.1, -0.05) is 18.2 Å². The molecule has 2 rings (SSSR count). The summed E-state index contributed by atoms with van der Waals surface area (Å²) in [5, 5.41) is 11.8. The minimum atomic E-state index is -2.90. The standard InChI is InChI=1S/C14H21NO4S/c1-14(7-8-20(17,18)11-14)15-9-12(16)10-19-13-5-3-2-4-6-13/h2-6,12,15-16H,7-11H2,1H3/p+1/t12-,14+/m0/s1. The van der Waals surface area contributed by atoms with E-state index >= 15 is 0 Å². The van der Waals surface area contributed by atoms with Crippen LogP contribution in [0.15, 0.2) is 30.3 Å². The Morgan fingerprint density at radius 2 is 2.10 bits per heavy atom. The molecule has 0 spiro atoms. The molecule has 0 amide bonds. The Bertz CT molecular complexity index is 531. The average Bonchev–Trinajstić information content (AvgIpc) is 2.70. The molecule has 0 saturated carbocycles. The predicted molar refractivity (Wildman–Crippen MR) is 76.4 cm³/mol. The molecule has 6 heteroatoms. The van der Waals surface area contributed by atoms with Gasteiger partial charge in [0.05, 0.1) is 5.75 Å². The first-order valence-electron chi connectivity index (χ1n) is 6.79. The topological polar surface area (TPSA) is 80.2 Å². The number of rotatable bonds is 6. The number of para-hydroxylation sites is 1. The van der Waals surface area contributed by atoms with Crippen molar-refractivity contribution < 1.29 is 23.6 Å². The molecule has 1 heterocycles. The number of sulfone groups is 1. The van der Waals surface area contributed by atoms with Crippen LogP contribution in [0.4, 0.5) is 0 Å². The first-order valence-corrected chi connectivity index (χ1v) is 8.61. The molecule has 2 atom stereocenters. The van der Waals surface area contributed by atoms with Gasteiger partial charge in [-0.05, 0) is 19.1 Å². The Balaban J connectivity index is 1.74. The van der Waals surface area contributed by atoms with Crippen LogP contribution in [0.25, 0.3) is 0 Å². The number of hydrogen-bond donors (Lipinski definition) is 2. The first-order chi connectivity index (χ1) is 9.39. The molecule has 0 aliphatic carbocycles. The van der Waals surface area contributed by atoms with Crippen LogP contribution < -0.4 is 10.1 Å². The Hall–Kier alpha value is -1.11. The molecule has 0 bridgehead atoms. The lowest BCUT2D eigenvalue weighted by Crippen LogP contribution is -2.98. The van der Waals surface area contributed by atoms with Crippen LogP contribution in [0.5, 0.6) is 5.75 Å². The Morgan fingerprint density at radius 1 is 1.40 bits per heavy atom. The number of benzene rings is 1. The van der Waals surface area contributed by atoms with E-state index in [4.69, 9.17) is 4.74 Å². The number of hydrogen-bond acceptors (Lipinski definition) is 4. The van der Waals surface area contributed by atoms with Crippen molar-refractivity contribution in [2.75, 3.05) is 24.7 Å². The van der Waals surface area contributed by atoms with Crippen LogP contribution in [-0.2, 0) is 9.84 Å². The van der Waals surface area contributed by atoms with Crippen LogP contribution in [-0.4, -0.2) is 49.8 Å². The molecule has 0 radical (unpaired) electrons. The van der Waals surface area contributed by atoms with E-state index in [1.165, 1.54) is 0 Å². The van der Waals surface area contributed by atoms with Gasteiger partial charge in [-0.3, -0.25) is 0 Å². The molecule has 112 valence electrons. The Morgan fingerprint density at radius 3 is 2.70 bits per heavy atom. The summed E-state index contributed by atoms with van der Waals surface area (Å²) in [6.07, 6.45) is 0.0250. The highest BCUT2D eigenvalue weighted by Gasteiger charge is 2.41. The van der Waals surface area contributed by atoms with Gasteiger partial charge in [0.2, 0.25) is 0 Å². The third kappa shape index (κ3) is 4.47. The lowest BCUT2D eigenvalue weighted by molar-refractivity contribution is -0.723. The van der Waals surface area contributed by atoms with Gasteiger partial charge in [0, 0.05) is 6.42 Å². The predicted octanol–water partition coefficient (Wildman–Crippen LogP) is -0.433. The second kappa shape index (κ2) is 6.11. The lowest BCUT2D eigenvalue weighted by atomic mass is 10.0. The first kappa shape index (κ1) is 15.3. The minimum absolute atomic E-state index is 0.187. The van der Waals surface area contributed by atoms with Gasteiger partial charge < -0.3 is 15.2 Å². The quantitative estimate of drug-likeness (QED) is 0.747. The Kier molecular flexibility index (Phi) is 4.67. The minimum Gasteiger partial charge on any atom is -0.491 e. The maximum Gasteiger partial charge on any atom is 0.156 e. The summed E-state index contributed by atoms with van der Waals surface area (Å²) < 4.78 is 28.5. The van der Waals surface area contributed by atoms with Crippen LogP contribution in [0.2, 0.25) is 0 Å². The number of nitrogens with two attached hydrogens (primary N) is 1. The smallest absolute Gasteiger partial charge is 0.156 e. The summed E-state index contributed by atoms with van der Waals surface area (Å²) in [4.78, 5) is 0. The molecule has 0 unspecified atom stereocenters. The molecular formula is C14H22NO4S+. The third-order valence-electron chi connectivity index (χ3n) is 3.60. The van der Waals surface area contributed by atoms with Crippen molar-refractivity contribution in [1.29, 1.82) is 0 Å². The second-order valence-electron chi connectivity index (χ2n) is 5.71. The zero-order valence-electron chi connectivity index (χ0n) is 11.7. The fourth-order valence-electron chi connectivity index (χ4n) is 2.39. The highest BCUT2D eigenvalue weighted by molar-refractivity contribution is 7.91. The second-order valence-corrected chi connectivity index (χ2v) is 7.90. The van der Waals surface area contributed by atoms with Gasteiger partial charge in [0.1, 0.15) is 36.3 Å². The average molecular weight is 300 g/mol. The summed E-state index contributed by atoms with van der Waals surface area (Å²) in [5.74, 6) is 1.16. The molecular weight excluding hydrogens is 278 g/mol. The summed E-state index contributed by atoms with van der Waals surface area (Å²) in [5.41, 5.74) is -0.313. The molecule has 0 aromatic heterocycles.